The lowest BCUT2D eigenvalue weighted by atomic mass is 9.65. The van der Waals surface area contributed by atoms with Crippen LogP contribution in [0.25, 0.3) is 10.6 Å². The van der Waals surface area contributed by atoms with Crippen LogP contribution in [-0.4, -0.2) is 21.8 Å². The monoisotopic (exact) mass is 441 g/mol. The van der Waals surface area contributed by atoms with Crippen molar-refractivity contribution < 1.29 is 14.7 Å². The van der Waals surface area contributed by atoms with Gasteiger partial charge in [-0.25, -0.2) is 9.78 Å². The number of allylic oxidation sites excluding steroid dienone is 1. The molecule has 1 N–H and O–H groups in total. The van der Waals surface area contributed by atoms with E-state index in [-0.39, 0.29) is 17.6 Å². The Morgan fingerprint density at radius 2 is 1.77 bits per heavy atom. The molecule has 2 heterocycles. The van der Waals surface area contributed by atoms with Gasteiger partial charge in [-0.15, -0.1) is 22.7 Å². The van der Waals surface area contributed by atoms with Gasteiger partial charge in [0, 0.05) is 44.0 Å². The maximum absolute atomic E-state index is 13.5. The maximum atomic E-state index is 13.5. The van der Waals surface area contributed by atoms with Crippen molar-refractivity contribution in [3.63, 3.8) is 0 Å². The quantitative estimate of drug-likeness (QED) is 0.599. The molecule has 6 rings (SSSR count). The van der Waals surface area contributed by atoms with E-state index in [0.29, 0.717) is 17.6 Å². The number of nitrogens with zero attached hydrogens (tertiary/aromatic N) is 1. The summed E-state index contributed by atoms with van der Waals surface area (Å²) in [4.78, 5) is 32.8. The molecule has 0 radical (unpaired) electrons. The highest BCUT2D eigenvalue weighted by Crippen LogP contribution is 2.47. The molecule has 158 valence electrons. The van der Waals surface area contributed by atoms with Crippen molar-refractivity contribution in [2.45, 2.75) is 71.1 Å². The number of carbonyl (C=O) groups is 2. The summed E-state index contributed by atoms with van der Waals surface area (Å²) >= 11 is 3.44. The third kappa shape index (κ3) is 3.48. The molecule has 0 atom stereocenters. The minimum absolute atomic E-state index is 0.0349. The first kappa shape index (κ1) is 20.1. The Morgan fingerprint density at radius 1 is 1.07 bits per heavy atom. The maximum Gasteiger partial charge on any atom is 0.332 e. The van der Waals surface area contributed by atoms with Gasteiger partial charge in [-0.1, -0.05) is 6.42 Å². The molecular formula is C24H27NO3S2. The molecule has 0 saturated heterocycles. The van der Waals surface area contributed by atoms with Crippen LogP contribution in [0.2, 0.25) is 0 Å². The molecule has 0 spiro atoms. The number of rotatable bonds is 5. The van der Waals surface area contributed by atoms with Crippen LogP contribution in [0.4, 0.5) is 0 Å². The van der Waals surface area contributed by atoms with Gasteiger partial charge in [0.15, 0.2) is 5.78 Å². The van der Waals surface area contributed by atoms with Gasteiger partial charge in [-0.2, -0.15) is 0 Å². The van der Waals surface area contributed by atoms with Crippen molar-refractivity contribution in [3.05, 3.63) is 37.5 Å². The van der Waals surface area contributed by atoms with Crippen LogP contribution in [0.5, 0.6) is 0 Å². The highest BCUT2D eigenvalue weighted by molar-refractivity contribution is 7.15. The number of hydrogen-bond donors (Lipinski definition) is 1. The number of hydrogen-bond acceptors (Lipinski definition) is 5. The minimum Gasteiger partial charge on any atom is -0.478 e. The van der Waals surface area contributed by atoms with E-state index in [2.05, 4.69) is 5.38 Å². The Kier molecular flexibility index (Phi) is 5.40. The van der Waals surface area contributed by atoms with Crippen LogP contribution >= 0.6 is 22.7 Å². The molecule has 2 aromatic rings. The summed E-state index contributed by atoms with van der Waals surface area (Å²) in [5.74, 6) is -0.650. The summed E-state index contributed by atoms with van der Waals surface area (Å²) in [7, 11) is 0. The highest BCUT2D eigenvalue weighted by atomic mass is 32.1. The lowest BCUT2D eigenvalue weighted by Crippen LogP contribution is -2.34. The van der Waals surface area contributed by atoms with E-state index in [1.165, 1.54) is 35.3 Å². The largest absolute Gasteiger partial charge is 0.478 e. The van der Waals surface area contributed by atoms with Crippen LogP contribution in [-0.2, 0) is 28.9 Å². The van der Waals surface area contributed by atoms with Crippen molar-refractivity contribution in [1.29, 1.82) is 0 Å². The van der Waals surface area contributed by atoms with E-state index in [1.54, 1.807) is 22.7 Å². The fraction of sp³-hybridized carbons (Fsp3) is 0.542. The topological polar surface area (TPSA) is 67.3 Å². The number of aromatic nitrogens is 1. The number of ketones is 1. The first-order valence-electron chi connectivity index (χ1n) is 11.1. The Labute approximate surface area is 185 Å². The molecule has 30 heavy (non-hydrogen) atoms. The van der Waals surface area contributed by atoms with Gasteiger partial charge in [0.1, 0.15) is 5.01 Å². The molecule has 1 saturated carbocycles. The van der Waals surface area contributed by atoms with Gasteiger partial charge in [0.25, 0.3) is 0 Å². The average molecular weight is 442 g/mol. The van der Waals surface area contributed by atoms with E-state index in [9.17, 15) is 14.7 Å². The van der Waals surface area contributed by atoms with Gasteiger partial charge >= 0.3 is 5.97 Å². The molecule has 4 aliphatic rings. The summed E-state index contributed by atoms with van der Waals surface area (Å²) in [5, 5.41) is 12.9. The average Bonchev–Trinajstić information content (AvgIpc) is 3.22. The van der Waals surface area contributed by atoms with Gasteiger partial charge in [-0.05, 0) is 75.7 Å². The molecule has 1 fully saturated rings. The van der Waals surface area contributed by atoms with Gasteiger partial charge in [-0.3, -0.25) is 4.79 Å². The number of aryl methyl sites for hydroxylation is 2. The van der Waals surface area contributed by atoms with Crippen molar-refractivity contribution >= 4 is 34.4 Å². The molecule has 4 aliphatic carbocycles. The summed E-state index contributed by atoms with van der Waals surface area (Å²) in [6.07, 6.45) is 9.86. The van der Waals surface area contributed by atoms with E-state index in [1.807, 2.05) is 6.92 Å². The number of fused-ring (bicyclic) bond motifs is 3. The Bertz CT molecular complexity index is 1040. The van der Waals surface area contributed by atoms with Crippen molar-refractivity contribution in [2.75, 3.05) is 0 Å². The predicted molar refractivity (Wildman–Crippen MR) is 120 cm³/mol. The number of carboxylic acid groups (broad SMARTS) is 1. The molecule has 4 nitrogen and oxygen atoms in total. The van der Waals surface area contributed by atoms with Gasteiger partial charge < -0.3 is 5.11 Å². The lowest BCUT2D eigenvalue weighted by molar-refractivity contribution is -0.134. The fourth-order valence-corrected chi connectivity index (χ4v) is 8.02. The molecule has 2 bridgehead atoms. The van der Waals surface area contributed by atoms with Crippen molar-refractivity contribution in [3.8, 4) is 10.6 Å². The molecular weight excluding hydrogens is 414 g/mol. The van der Waals surface area contributed by atoms with Crippen LogP contribution in [0.1, 0.15) is 66.0 Å². The number of carboxylic acids is 1. The van der Waals surface area contributed by atoms with Crippen LogP contribution in [0, 0.1) is 18.8 Å². The molecule has 6 heteroatoms. The van der Waals surface area contributed by atoms with Crippen LogP contribution in [0.15, 0.2) is 16.5 Å². The molecule has 0 aliphatic heterocycles. The summed E-state index contributed by atoms with van der Waals surface area (Å²) in [6.45, 7) is 2.01. The first-order valence-corrected chi connectivity index (χ1v) is 12.8. The predicted octanol–water partition coefficient (Wildman–Crippen LogP) is 5.76. The van der Waals surface area contributed by atoms with Gasteiger partial charge in [0.2, 0.25) is 0 Å². The zero-order valence-electron chi connectivity index (χ0n) is 17.3. The second kappa shape index (κ2) is 8.04. The summed E-state index contributed by atoms with van der Waals surface area (Å²) in [5.41, 5.74) is 4.65. The summed E-state index contributed by atoms with van der Waals surface area (Å²) < 4.78 is 0. The number of Topliss-reactive ketones (excluding diaryl/α,β-unsaturated/α-hetero) is 1. The van der Waals surface area contributed by atoms with Gasteiger partial charge in [0.05, 0.1) is 0 Å². The third-order valence-corrected chi connectivity index (χ3v) is 9.28. The SMILES string of the molecule is Cc1csc(-c2c(CC(=O)C3=C(C(=O)O)C4CCC3CC4)sc3c2CCCCC3)n1. The standard InChI is InChI=1S/C24H27NO3S2/c1-13-12-29-23(25-13)22-16-5-3-2-4-6-18(16)30-19(22)11-17(26)20-14-7-9-15(10-8-14)21(20)24(27)28/h12,14-15H,2-11H2,1H3,(H,27,28). The van der Waals surface area contributed by atoms with Crippen molar-refractivity contribution in [1.82, 2.24) is 4.98 Å². The van der Waals surface area contributed by atoms with Crippen LogP contribution < -0.4 is 0 Å². The Morgan fingerprint density at radius 3 is 2.43 bits per heavy atom. The third-order valence-electron chi connectivity index (χ3n) is 7.01. The summed E-state index contributed by atoms with van der Waals surface area (Å²) in [6, 6.07) is 0. The number of aliphatic carboxylic acids is 1. The number of thiophene rings is 1. The minimum atomic E-state index is -0.884. The van der Waals surface area contributed by atoms with E-state index in [0.717, 1.165) is 54.1 Å². The highest BCUT2D eigenvalue weighted by Gasteiger charge is 2.41. The van der Waals surface area contributed by atoms with E-state index >= 15 is 0 Å². The number of carbonyl (C=O) groups excluding carboxylic acids is 1. The van der Waals surface area contributed by atoms with E-state index in [4.69, 9.17) is 4.98 Å². The smallest absolute Gasteiger partial charge is 0.332 e. The second-order valence-electron chi connectivity index (χ2n) is 8.94. The molecule has 2 aromatic heterocycles. The van der Waals surface area contributed by atoms with Crippen LogP contribution in [0.3, 0.4) is 0 Å². The normalized spacial score (nSPS) is 23.4. The molecule has 0 unspecified atom stereocenters. The zero-order chi connectivity index (χ0) is 20.8. The Hall–Kier alpha value is -1.79. The second-order valence-corrected chi connectivity index (χ2v) is 11.0. The fourth-order valence-electron chi connectivity index (χ4n) is 5.66. The zero-order valence-corrected chi connectivity index (χ0v) is 19.0. The molecule has 0 amide bonds. The number of thiazole rings is 1. The lowest BCUT2D eigenvalue weighted by Gasteiger charge is -2.38. The van der Waals surface area contributed by atoms with Crippen molar-refractivity contribution in [2.24, 2.45) is 11.8 Å². The molecule has 0 aromatic carbocycles. The Balaban J connectivity index is 1.56. The van der Waals surface area contributed by atoms with E-state index < -0.39 is 5.97 Å². The first-order chi connectivity index (χ1) is 14.5.